The molecule has 3 N–H and O–H groups in total. The number of rotatable bonds is 4. The van der Waals surface area contributed by atoms with Crippen LogP contribution in [0.1, 0.15) is 13.2 Å². The van der Waals surface area contributed by atoms with Gasteiger partial charge in [0.2, 0.25) is 0 Å². The molecule has 26 heavy (non-hydrogen) atoms. The van der Waals surface area contributed by atoms with Gasteiger partial charge in [-0.2, -0.15) is 0 Å². The Bertz CT molecular complexity index is 866. The summed E-state index contributed by atoms with van der Waals surface area (Å²) < 4.78 is 11.8. The maximum atomic E-state index is 11.7. The number of fused-ring (bicyclic) bond motifs is 2. The summed E-state index contributed by atoms with van der Waals surface area (Å²) >= 11 is 0. The number of imidazole rings is 1. The average molecular weight is 365 g/mol. The molecule has 5 atom stereocenters. The van der Waals surface area contributed by atoms with E-state index in [1.54, 1.807) is 13.1 Å². The Morgan fingerprint density at radius 3 is 3.04 bits per heavy atom. The molecule has 0 bridgehead atoms. The van der Waals surface area contributed by atoms with Gasteiger partial charge < -0.3 is 29.7 Å². The fourth-order valence-electron chi connectivity index (χ4n) is 3.28. The molecule has 3 aliphatic rings. The van der Waals surface area contributed by atoms with Crippen LogP contribution in [0.5, 0.6) is 0 Å². The molecule has 0 radical (unpaired) electrons. The fraction of sp³-hybridized carbons (Fsp3) is 0.600. The van der Waals surface area contributed by atoms with Crippen molar-refractivity contribution in [2.45, 2.75) is 37.6 Å². The van der Waals surface area contributed by atoms with E-state index >= 15 is 0 Å². The predicted octanol–water partition coefficient (Wildman–Crippen LogP) is -3.53. The lowest BCUT2D eigenvalue weighted by Gasteiger charge is -2.20. The summed E-state index contributed by atoms with van der Waals surface area (Å²) in [5.41, 5.74) is 0.456. The Labute approximate surface area is 147 Å². The second-order valence-electron chi connectivity index (χ2n) is 6.15. The van der Waals surface area contributed by atoms with Crippen molar-refractivity contribution in [3.05, 3.63) is 17.2 Å². The van der Waals surface area contributed by atoms with Gasteiger partial charge in [-0.25, -0.2) is 19.8 Å². The normalized spacial score (nSPS) is 30.8. The van der Waals surface area contributed by atoms with E-state index in [9.17, 15) is 20.1 Å². The summed E-state index contributed by atoms with van der Waals surface area (Å²) in [6.07, 6.45) is -3.78. The lowest BCUT2D eigenvalue weighted by atomic mass is 10.1. The zero-order valence-electron chi connectivity index (χ0n) is 14.0. The monoisotopic (exact) mass is 365 g/mol. The number of ether oxygens (including phenoxy) is 2. The summed E-state index contributed by atoms with van der Waals surface area (Å²) in [6.45, 7) is 2.71. The fourth-order valence-corrected chi connectivity index (χ4v) is 3.28. The minimum atomic E-state index is -1.72. The number of aliphatic imine (C=N–C) groups is 1. The van der Waals surface area contributed by atoms with Crippen molar-refractivity contribution >= 4 is 18.0 Å². The van der Waals surface area contributed by atoms with Gasteiger partial charge in [0.05, 0.1) is 19.5 Å². The lowest BCUT2D eigenvalue weighted by molar-refractivity contribution is -0.166. The molecule has 1 aromatic rings. The lowest BCUT2D eigenvalue weighted by Crippen LogP contribution is -2.44. The smallest absolute Gasteiger partial charge is 0.337 e. The summed E-state index contributed by atoms with van der Waals surface area (Å²) in [5.74, 6) is -0.238. The van der Waals surface area contributed by atoms with Crippen LogP contribution in [0.25, 0.3) is 5.82 Å². The summed E-state index contributed by atoms with van der Waals surface area (Å²) in [5, 5.41) is 31.2. The highest BCUT2D eigenvalue weighted by atomic mass is 16.6. The Hall–Kier alpha value is -2.34. The third kappa shape index (κ3) is 2.51. The standard InChI is InChI=1S/C15H19N5O6/c1-2-25-15(24)10(23)11-8(21)9(22)14(26-11)20-6-17-7-12-16-3-4-19(12)5-18-13(7)20/h3,6,8-11,14,21-23H,2,4-5H2,1H3/t8-,9+,10?,11-,14+/m0/s1. The first-order chi connectivity index (χ1) is 12.5. The van der Waals surface area contributed by atoms with Crippen LogP contribution in [0.4, 0.5) is 0 Å². The van der Waals surface area contributed by atoms with Gasteiger partial charge in [0, 0.05) is 6.21 Å². The van der Waals surface area contributed by atoms with Crippen molar-refractivity contribution in [1.82, 2.24) is 14.5 Å². The van der Waals surface area contributed by atoms with E-state index in [4.69, 9.17) is 9.47 Å². The largest absolute Gasteiger partial charge is 0.464 e. The van der Waals surface area contributed by atoms with Crippen LogP contribution in [0, 0.1) is 0 Å². The molecule has 1 aromatic heterocycles. The molecule has 140 valence electrons. The van der Waals surface area contributed by atoms with Crippen LogP contribution in [-0.2, 0) is 14.3 Å². The van der Waals surface area contributed by atoms with Gasteiger partial charge >= 0.3 is 5.97 Å². The van der Waals surface area contributed by atoms with Gasteiger partial charge in [-0.1, -0.05) is 0 Å². The number of esters is 1. The van der Waals surface area contributed by atoms with Crippen LogP contribution in [0.2, 0.25) is 0 Å². The number of aliphatic hydroxyl groups is 3. The maximum absolute atomic E-state index is 11.7. The summed E-state index contributed by atoms with van der Waals surface area (Å²) in [7, 11) is 0. The Balaban J connectivity index is 1.65. The van der Waals surface area contributed by atoms with E-state index in [1.807, 2.05) is 4.90 Å². The highest BCUT2D eigenvalue weighted by Crippen LogP contribution is 2.30. The van der Waals surface area contributed by atoms with Crippen LogP contribution in [-0.4, -0.2) is 86.2 Å². The number of hydrogen-bond acceptors (Lipinski definition) is 10. The molecule has 4 heterocycles. The van der Waals surface area contributed by atoms with Gasteiger partial charge in [0.25, 0.3) is 0 Å². The number of aliphatic hydroxyl groups excluding tert-OH is 3. The highest BCUT2D eigenvalue weighted by molar-refractivity contribution is 5.75. The average Bonchev–Trinajstić information content (AvgIpc) is 3.32. The van der Waals surface area contributed by atoms with Crippen molar-refractivity contribution in [1.29, 1.82) is 0 Å². The quantitative estimate of drug-likeness (QED) is 0.466. The maximum Gasteiger partial charge on any atom is 0.337 e. The number of hydrogen-bond donors (Lipinski definition) is 3. The van der Waals surface area contributed by atoms with Gasteiger partial charge in [-0.15, -0.1) is 0 Å². The minimum Gasteiger partial charge on any atom is -0.464 e. The van der Waals surface area contributed by atoms with Gasteiger partial charge in [-0.3, -0.25) is 4.57 Å². The molecule has 11 nitrogen and oxygen atoms in total. The molecule has 3 aliphatic heterocycles. The van der Waals surface area contributed by atoms with E-state index in [0.29, 0.717) is 29.9 Å². The molecule has 11 heteroatoms. The molecule has 1 fully saturated rings. The molecule has 0 spiro atoms. The first-order valence-corrected chi connectivity index (χ1v) is 8.28. The predicted molar refractivity (Wildman–Crippen MR) is 85.0 cm³/mol. The molecule has 1 unspecified atom stereocenters. The molecule has 4 rings (SSSR count). The molecule has 0 amide bonds. The van der Waals surface area contributed by atoms with Crippen LogP contribution >= 0.6 is 0 Å². The van der Waals surface area contributed by atoms with Gasteiger partial charge in [0.1, 0.15) is 30.3 Å². The van der Waals surface area contributed by atoms with E-state index in [-0.39, 0.29) is 6.61 Å². The van der Waals surface area contributed by atoms with Gasteiger partial charge in [0.15, 0.2) is 23.6 Å². The van der Waals surface area contributed by atoms with E-state index in [2.05, 4.69) is 15.0 Å². The SMILES string of the molecule is CCOC(=O)C(O)[C@H]1O[C@@H](n2cnc3c2=NCN2CC=NC=32)[C@H](O)[C@@H]1O. The first kappa shape index (κ1) is 17.1. The molecule has 1 saturated heterocycles. The second kappa shape index (κ2) is 6.43. The topological polar surface area (TPSA) is 142 Å². The number of aromatic nitrogens is 2. The van der Waals surface area contributed by atoms with Crippen molar-refractivity contribution in [2.75, 3.05) is 19.8 Å². The van der Waals surface area contributed by atoms with E-state index in [0.717, 1.165) is 0 Å². The van der Waals surface area contributed by atoms with Crippen LogP contribution in [0.3, 0.4) is 0 Å². The third-order valence-corrected chi connectivity index (χ3v) is 4.57. The zero-order valence-corrected chi connectivity index (χ0v) is 14.0. The Morgan fingerprint density at radius 1 is 1.46 bits per heavy atom. The summed E-state index contributed by atoms with van der Waals surface area (Å²) in [4.78, 5) is 26.7. The molecular weight excluding hydrogens is 346 g/mol. The van der Waals surface area contributed by atoms with Crippen molar-refractivity contribution in [3.8, 4) is 0 Å². The molecule has 0 saturated carbocycles. The van der Waals surface area contributed by atoms with Crippen molar-refractivity contribution < 1.29 is 29.6 Å². The molecular formula is C15H19N5O6. The third-order valence-electron chi connectivity index (χ3n) is 4.57. The van der Waals surface area contributed by atoms with E-state index in [1.165, 1.54) is 10.9 Å². The van der Waals surface area contributed by atoms with Crippen LogP contribution < -0.4 is 10.8 Å². The summed E-state index contributed by atoms with van der Waals surface area (Å²) in [6, 6.07) is 0. The molecule has 0 aliphatic carbocycles. The van der Waals surface area contributed by atoms with Crippen molar-refractivity contribution in [2.24, 2.45) is 9.98 Å². The zero-order chi connectivity index (χ0) is 18.4. The van der Waals surface area contributed by atoms with Crippen LogP contribution in [0.15, 0.2) is 16.3 Å². The minimum absolute atomic E-state index is 0.0776. The van der Waals surface area contributed by atoms with Crippen molar-refractivity contribution in [3.63, 3.8) is 0 Å². The van der Waals surface area contributed by atoms with Gasteiger partial charge in [-0.05, 0) is 6.92 Å². The van der Waals surface area contributed by atoms with E-state index < -0.39 is 36.6 Å². The number of carbonyl (C=O) groups excluding carboxylic acids is 1. The Kier molecular flexibility index (Phi) is 4.23. The second-order valence-corrected chi connectivity index (χ2v) is 6.15. The highest BCUT2D eigenvalue weighted by Gasteiger charge is 2.49. The number of nitrogens with zero attached hydrogens (tertiary/aromatic N) is 5. The first-order valence-electron chi connectivity index (χ1n) is 8.28. The molecule has 0 aromatic carbocycles. The Morgan fingerprint density at radius 2 is 2.27 bits per heavy atom. The number of carbonyl (C=O) groups is 1.